The molecule has 2 N–H and O–H groups in total. The third-order valence-corrected chi connectivity index (χ3v) is 3.20. The van der Waals surface area contributed by atoms with E-state index in [0.717, 1.165) is 11.8 Å². The second-order valence-electron chi connectivity index (χ2n) is 5.14. The lowest BCUT2D eigenvalue weighted by Gasteiger charge is -2.10. The van der Waals surface area contributed by atoms with Crippen LogP contribution in [0.1, 0.15) is 11.4 Å². The second kappa shape index (κ2) is 6.99. The number of hydrogen-bond acceptors (Lipinski definition) is 5. The molecule has 1 aromatic carbocycles. The summed E-state index contributed by atoms with van der Waals surface area (Å²) in [7, 11) is 0. The van der Waals surface area contributed by atoms with Gasteiger partial charge >= 0.3 is 0 Å². The zero-order valence-corrected chi connectivity index (χ0v) is 12.9. The standard InChI is InChI=1S/C17H15F2N5/c1-11-8-16(23-15-6-5-12(18)9-14(15)19)24-17(22-11)21-10-13-4-2-3-7-20-13/h2-9H,10H2,1H3,(H2,21,22,23,24). The molecule has 7 heteroatoms. The predicted molar refractivity (Wildman–Crippen MR) is 88.0 cm³/mol. The molecule has 0 unspecified atom stereocenters. The SMILES string of the molecule is Cc1cc(Nc2ccc(F)cc2F)nc(NCc2ccccn2)n1. The van der Waals surface area contributed by atoms with Gasteiger partial charge in [0.1, 0.15) is 17.5 Å². The van der Waals surface area contributed by atoms with Gasteiger partial charge in [-0.15, -0.1) is 0 Å². The molecule has 0 bridgehead atoms. The lowest BCUT2D eigenvalue weighted by Crippen LogP contribution is -2.07. The van der Waals surface area contributed by atoms with Crippen LogP contribution in [0.3, 0.4) is 0 Å². The molecule has 5 nitrogen and oxygen atoms in total. The third-order valence-electron chi connectivity index (χ3n) is 3.20. The van der Waals surface area contributed by atoms with E-state index in [1.165, 1.54) is 12.1 Å². The summed E-state index contributed by atoms with van der Waals surface area (Å²) in [6, 6.07) is 10.6. The Balaban J connectivity index is 1.76. The van der Waals surface area contributed by atoms with Crippen LogP contribution in [-0.4, -0.2) is 15.0 Å². The summed E-state index contributed by atoms with van der Waals surface area (Å²) in [5.74, 6) is -0.508. The molecule has 0 aliphatic rings. The summed E-state index contributed by atoms with van der Waals surface area (Å²) in [4.78, 5) is 12.8. The fourth-order valence-electron chi connectivity index (χ4n) is 2.11. The quantitative estimate of drug-likeness (QED) is 0.746. The highest BCUT2D eigenvalue weighted by Gasteiger charge is 2.07. The molecule has 0 atom stereocenters. The molecule has 24 heavy (non-hydrogen) atoms. The topological polar surface area (TPSA) is 62.7 Å². The molecule has 2 heterocycles. The molecule has 3 rings (SSSR count). The number of hydrogen-bond donors (Lipinski definition) is 2. The van der Waals surface area contributed by atoms with Crippen molar-refractivity contribution in [2.45, 2.75) is 13.5 Å². The first-order chi connectivity index (χ1) is 11.6. The van der Waals surface area contributed by atoms with E-state index in [2.05, 4.69) is 25.6 Å². The van der Waals surface area contributed by atoms with Gasteiger partial charge in [0.15, 0.2) is 0 Å². The van der Waals surface area contributed by atoms with Gasteiger partial charge in [-0.05, 0) is 31.2 Å². The Labute approximate surface area is 137 Å². The van der Waals surface area contributed by atoms with E-state index >= 15 is 0 Å². The van der Waals surface area contributed by atoms with Crippen molar-refractivity contribution >= 4 is 17.5 Å². The molecular weight excluding hydrogens is 312 g/mol. The molecule has 0 radical (unpaired) electrons. The molecule has 0 saturated carbocycles. The minimum absolute atomic E-state index is 0.144. The number of nitrogens with zero attached hydrogens (tertiary/aromatic N) is 3. The van der Waals surface area contributed by atoms with Gasteiger partial charge in [-0.3, -0.25) is 4.98 Å². The van der Waals surface area contributed by atoms with E-state index in [9.17, 15) is 8.78 Å². The van der Waals surface area contributed by atoms with Crippen molar-refractivity contribution < 1.29 is 8.78 Å². The summed E-state index contributed by atoms with van der Waals surface area (Å²) in [5.41, 5.74) is 1.70. The van der Waals surface area contributed by atoms with Crippen LogP contribution in [-0.2, 0) is 6.54 Å². The molecule has 0 amide bonds. The van der Waals surface area contributed by atoms with Gasteiger partial charge in [0.25, 0.3) is 0 Å². The van der Waals surface area contributed by atoms with E-state index in [4.69, 9.17) is 0 Å². The maximum atomic E-state index is 13.7. The van der Waals surface area contributed by atoms with E-state index in [1.54, 1.807) is 19.2 Å². The van der Waals surface area contributed by atoms with Crippen LogP contribution >= 0.6 is 0 Å². The normalized spacial score (nSPS) is 10.5. The number of aryl methyl sites for hydroxylation is 1. The first-order valence-corrected chi connectivity index (χ1v) is 7.32. The maximum Gasteiger partial charge on any atom is 0.225 e. The van der Waals surface area contributed by atoms with Crippen molar-refractivity contribution in [1.82, 2.24) is 15.0 Å². The van der Waals surface area contributed by atoms with Crippen molar-refractivity contribution in [3.8, 4) is 0 Å². The minimum atomic E-state index is -0.686. The minimum Gasteiger partial charge on any atom is -0.349 e. The molecule has 0 saturated heterocycles. The highest BCUT2D eigenvalue weighted by molar-refractivity contribution is 5.58. The molecule has 3 aromatic rings. The Morgan fingerprint density at radius 1 is 1.04 bits per heavy atom. The number of nitrogens with one attached hydrogen (secondary N) is 2. The number of anilines is 3. The van der Waals surface area contributed by atoms with Gasteiger partial charge in [-0.2, -0.15) is 4.98 Å². The van der Waals surface area contributed by atoms with E-state index in [1.807, 2.05) is 18.2 Å². The van der Waals surface area contributed by atoms with Crippen LogP contribution < -0.4 is 10.6 Å². The monoisotopic (exact) mass is 327 g/mol. The largest absolute Gasteiger partial charge is 0.349 e. The van der Waals surface area contributed by atoms with Crippen molar-refractivity contribution in [3.05, 3.63) is 71.7 Å². The van der Waals surface area contributed by atoms with Crippen LogP contribution in [0.2, 0.25) is 0 Å². The average Bonchev–Trinajstić information content (AvgIpc) is 2.56. The summed E-state index contributed by atoms with van der Waals surface area (Å²) < 4.78 is 26.7. The summed E-state index contributed by atoms with van der Waals surface area (Å²) in [5, 5.41) is 5.90. The Kier molecular flexibility index (Phi) is 4.60. The van der Waals surface area contributed by atoms with Gasteiger partial charge in [-0.25, -0.2) is 13.8 Å². The highest BCUT2D eigenvalue weighted by atomic mass is 19.1. The molecule has 0 aliphatic heterocycles. The van der Waals surface area contributed by atoms with Gasteiger partial charge in [0, 0.05) is 24.0 Å². The molecule has 0 spiro atoms. The second-order valence-corrected chi connectivity index (χ2v) is 5.14. The molecule has 0 fully saturated rings. The number of pyridine rings is 1. The fraction of sp³-hybridized carbons (Fsp3) is 0.118. The Morgan fingerprint density at radius 3 is 2.67 bits per heavy atom. The smallest absolute Gasteiger partial charge is 0.225 e. The molecule has 0 aliphatic carbocycles. The van der Waals surface area contributed by atoms with Crippen LogP contribution in [0.15, 0.2) is 48.7 Å². The number of benzene rings is 1. The predicted octanol–water partition coefficient (Wildman–Crippen LogP) is 3.81. The highest BCUT2D eigenvalue weighted by Crippen LogP contribution is 2.20. The molecular formula is C17H15F2N5. The third kappa shape index (κ3) is 4.01. The Bertz CT molecular complexity index is 840. The van der Waals surface area contributed by atoms with E-state index in [-0.39, 0.29) is 5.69 Å². The van der Waals surface area contributed by atoms with Crippen LogP contribution in [0, 0.1) is 18.6 Å². The van der Waals surface area contributed by atoms with Gasteiger partial charge in [0.05, 0.1) is 17.9 Å². The van der Waals surface area contributed by atoms with E-state index < -0.39 is 11.6 Å². The van der Waals surface area contributed by atoms with Crippen LogP contribution in [0.25, 0.3) is 0 Å². The van der Waals surface area contributed by atoms with Crippen LogP contribution in [0.4, 0.5) is 26.2 Å². The van der Waals surface area contributed by atoms with Gasteiger partial charge < -0.3 is 10.6 Å². The van der Waals surface area contributed by atoms with Crippen molar-refractivity contribution in [1.29, 1.82) is 0 Å². The average molecular weight is 327 g/mol. The Morgan fingerprint density at radius 2 is 1.92 bits per heavy atom. The van der Waals surface area contributed by atoms with E-state index in [0.29, 0.717) is 24.0 Å². The zero-order chi connectivity index (χ0) is 16.9. The maximum absolute atomic E-state index is 13.7. The summed E-state index contributed by atoms with van der Waals surface area (Å²) >= 11 is 0. The van der Waals surface area contributed by atoms with Gasteiger partial charge in [-0.1, -0.05) is 6.07 Å². The molecule has 122 valence electrons. The van der Waals surface area contributed by atoms with Crippen LogP contribution in [0.5, 0.6) is 0 Å². The number of rotatable bonds is 5. The molecule has 2 aromatic heterocycles. The lowest BCUT2D eigenvalue weighted by molar-refractivity contribution is 0.586. The first-order valence-electron chi connectivity index (χ1n) is 7.32. The number of halogens is 2. The summed E-state index contributed by atoms with van der Waals surface area (Å²) in [6.45, 7) is 2.27. The first kappa shape index (κ1) is 15.8. The lowest BCUT2D eigenvalue weighted by atomic mass is 10.3. The summed E-state index contributed by atoms with van der Waals surface area (Å²) in [6.07, 6.45) is 1.71. The Hall–Kier alpha value is -3.09. The zero-order valence-electron chi connectivity index (χ0n) is 12.9. The number of aromatic nitrogens is 3. The van der Waals surface area contributed by atoms with Gasteiger partial charge in [0.2, 0.25) is 5.95 Å². The fourth-order valence-corrected chi connectivity index (χ4v) is 2.11. The van der Waals surface area contributed by atoms with Crippen molar-refractivity contribution in [2.24, 2.45) is 0 Å². The van der Waals surface area contributed by atoms with Crippen molar-refractivity contribution in [2.75, 3.05) is 10.6 Å². The van der Waals surface area contributed by atoms with Crippen molar-refractivity contribution in [3.63, 3.8) is 0 Å².